The number of piperidine rings is 1. The van der Waals surface area contributed by atoms with Gasteiger partial charge in [-0.3, -0.25) is 4.99 Å². The Labute approximate surface area is 156 Å². The van der Waals surface area contributed by atoms with E-state index in [-0.39, 0.29) is 0 Å². The van der Waals surface area contributed by atoms with Crippen molar-refractivity contribution in [3.8, 4) is 0 Å². The quantitative estimate of drug-likeness (QED) is 0.602. The van der Waals surface area contributed by atoms with Crippen molar-refractivity contribution in [3.63, 3.8) is 0 Å². The van der Waals surface area contributed by atoms with Gasteiger partial charge in [0.25, 0.3) is 0 Å². The average Bonchev–Trinajstić information content (AvgIpc) is 3.33. The standard InChI is InChI=1S/C19H33N5S/c1-16(15-23-9-3-4-10-23)14-21-19(20-2)22-17-7-11-24(12-8-17)18-6-5-13-25-18/h5-6,13,16-17H,3-4,7-12,14-15H2,1-2H3,(H2,20,21,22). The van der Waals surface area contributed by atoms with Crippen LogP contribution in [0.5, 0.6) is 0 Å². The van der Waals surface area contributed by atoms with Crippen molar-refractivity contribution in [1.29, 1.82) is 0 Å². The molecule has 2 N–H and O–H groups in total. The number of hydrogen-bond donors (Lipinski definition) is 2. The van der Waals surface area contributed by atoms with Crippen molar-refractivity contribution in [3.05, 3.63) is 17.5 Å². The van der Waals surface area contributed by atoms with E-state index in [4.69, 9.17) is 0 Å². The molecule has 3 rings (SSSR count). The molecule has 1 aromatic rings. The Hall–Kier alpha value is -1.27. The molecule has 0 saturated carbocycles. The molecule has 1 unspecified atom stereocenters. The first-order chi connectivity index (χ1) is 12.2. The molecule has 5 nitrogen and oxygen atoms in total. The van der Waals surface area contributed by atoms with Crippen molar-refractivity contribution in [2.45, 2.75) is 38.6 Å². The highest BCUT2D eigenvalue weighted by molar-refractivity contribution is 7.14. The van der Waals surface area contributed by atoms with Crippen LogP contribution >= 0.6 is 11.3 Å². The van der Waals surface area contributed by atoms with E-state index in [1.165, 1.54) is 50.3 Å². The molecule has 0 spiro atoms. The van der Waals surface area contributed by atoms with Crippen LogP contribution in [0.2, 0.25) is 0 Å². The summed E-state index contributed by atoms with van der Waals surface area (Å²) in [6, 6.07) is 4.89. The summed E-state index contributed by atoms with van der Waals surface area (Å²) < 4.78 is 0. The van der Waals surface area contributed by atoms with Gasteiger partial charge in [0.1, 0.15) is 0 Å². The van der Waals surface area contributed by atoms with Crippen LogP contribution in [0.25, 0.3) is 0 Å². The first-order valence-electron chi connectivity index (χ1n) is 9.72. The van der Waals surface area contributed by atoms with E-state index in [1.54, 1.807) is 0 Å². The third kappa shape index (κ3) is 5.61. The lowest BCUT2D eigenvalue weighted by Crippen LogP contribution is -2.49. The van der Waals surface area contributed by atoms with Crippen molar-refractivity contribution in [1.82, 2.24) is 15.5 Å². The van der Waals surface area contributed by atoms with E-state index in [1.807, 2.05) is 18.4 Å². The first-order valence-corrected chi connectivity index (χ1v) is 10.6. The fraction of sp³-hybridized carbons (Fsp3) is 0.737. The number of anilines is 1. The third-order valence-corrected chi connectivity index (χ3v) is 6.19. The summed E-state index contributed by atoms with van der Waals surface area (Å²) in [6.07, 6.45) is 5.07. The molecule has 6 heteroatoms. The van der Waals surface area contributed by atoms with E-state index in [0.717, 1.165) is 25.6 Å². The number of likely N-dealkylation sites (tertiary alicyclic amines) is 1. The van der Waals surface area contributed by atoms with Gasteiger partial charge in [0.05, 0.1) is 5.00 Å². The lowest BCUT2D eigenvalue weighted by molar-refractivity contribution is 0.287. The van der Waals surface area contributed by atoms with Crippen molar-refractivity contribution in [2.75, 3.05) is 51.2 Å². The Morgan fingerprint density at radius 2 is 2.04 bits per heavy atom. The fourth-order valence-electron chi connectivity index (χ4n) is 3.82. The molecule has 25 heavy (non-hydrogen) atoms. The predicted molar refractivity (Wildman–Crippen MR) is 109 cm³/mol. The van der Waals surface area contributed by atoms with Gasteiger partial charge in [-0.25, -0.2) is 0 Å². The summed E-state index contributed by atoms with van der Waals surface area (Å²) in [5.74, 6) is 1.61. The topological polar surface area (TPSA) is 42.9 Å². The molecule has 0 aromatic carbocycles. The molecule has 0 aliphatic carbocycles. The molecule has 0 amide bonds. The minimum atomic E-state index is 0.524. The number of nitrogens with zero attached hydrogens (tertiary/aromatic N) is 3. The molecule has 0 radical (unpaired) electrons. The maximum Gasteiger partial charge on any atom is 0.191 e. The fourth-order valence-corrected chi connectivity index (χ4v) is 4.61. The monoisotopic (exact) mass is 363 g/mol. The lowest BCUT2D eigenvalue weighted by Gasteiger charge is -2.33. The Bertz CT molecular complexity index is 516. The molecule has 2 aliphatic heterocycles. The SMILES string of the molecule is CN=C(NCC(C)CN1CCCC1)NC1CCN(c2cccs2)CC1. The normalized spacial score (nSPS) is 21.5. The maximum absolute atomic E-state index is 4.42. The first kappa shape index (κ1) is 18.5. The summed E-state index contributed by atoms with van der Waals surface area (Å²) in [5, 5.41) is 10.7. The molecule has 2 fully saturated rings. The second kappa shape index (κ2) is 9.43. The van der Waals surface area contributed by atoms with Gasteiger partial charge in [-0.1, -0.05) is 6.92 Å². The van der Waals surface area contributed by atoms with Crippen LogP contribution in [0.3, 0.4) is 0 Å². The predicted octanol–water partition coefficient (Wildman–Crippen LogP) is 2.61. The van der Waals surface area contributed by atoms with Gasteiger partial charge >= 0.3 is 0 Å². The van der Waals surface area contributed by atoms with Crippen molar-refractivity contribution < 1.29 is 0 Å². The van der Waals surface area contributed by atoms with Gasteiger partial charge in [0.2, 0.25) is 0 Å². The second-order valence-corrected chi connectivity index (χ2v) is 8.35. The summed E-state index contributed by atoms with van der Waals surface area (Å²) in [7, 11) is 1.88. The molecule has 1 aromatic heterocycles. The highest BCUT2D eigenvalue weighted by atomic mass is 32.1. The zero-order valence-electron chi connectivity index (χ0n) is 15.7. The van der Waals surface area contributed by atoms with Crippen LogP contribution in [0, 0.1) is 5.92 Å². The molecule has 2 saturated heterocycles. The molecular formula is C19H33N5S. The maximum atomic E-state index is 4.42. The van der Waals surface area contributed by atoms with Crippen molar-refractivity contribution >= 4 is 22.3 Å². The molecule has 140 valence electrons. The van der Waals surface area contributed by atoms with E-state index >= 15 is 0 Å². The zero-order chi connectivity index (χ0) is 17.5. The largest absolute Gasteiger partial charge is 0.363 e. The molecule has 3 heterocycles. The van der Waals surface area contributed by atoms with Crippen LogP contribution < -0.4 is 15.5 Å². The highest BCUT2D eigenvalue weighted by Crippen LogP contribution is 2.24. The molecule has 1 atom stereocenters. The molecule has 0 bridgehead atoms. The number of aliphatic imine (C=N–C) groups is 1. The number of thiophene rings is 1. The van der Waals surface area contributed by atoms with E-state index in [9.17, 15) is 0 Å². The molecular weight excluding hydrogens is 330 g/mol. The van der Waals surface area contributed by atoms with Gasteiger partial charge in [-0.05, 0) is 62.2 Å². The number of nitrogens with one attached hydrogen (secondary N) is 2. The van der Waals surface area contributed by atoms with E-state index in [2.05, 4.69) is 49.9 Å². The van der Waals surface area contributed by atoms with Crippen LogP contribution in [0.4, 0.5) is 5.00 Å². The van der Waals surface area contributed by atoms with Gasteiger partial charge in [0, 0.05) is 39.3 Å². The number of hydrogen-bond acceptors (Lipinski definition) is 4. The Kier molecular flexibility index (Phi) is 6.99. The van der Waals surface area contributed by atoms with Crippen LogP contribution in [0.1, 0.15) is 32.6 Å². The van der Waals surface area contributed by atoms with Crippen LogP contribution in [-0.4, -0.2) is 63.2 Å². The Balaban J connectivity index is 1.36. The van der Waals surface area contributed by atoms with E-state index in [0.29, 0.717) is 12.0 Å². The summed E-state index contributed by atoms with van der Waals surface area (Å²) in [5.41, 5.74) is 0. The van der Waals surface area contributed by atoms with Gasteiger partial charge in [-0.15, -0.1) is 11.3 Å². The summed E-state index contributed by atoms with van der Waals surface area (Å²) >= 11 is 1.84. The number of rotatable bonds is 6. The van der Waals surface area contributed by atoms with Gasteiger partial charge in [-0.2, -0.15) is 0 Å². The lowest BCUT2D eigenvalue weighted by atomic mass is 10.1. The van der Waals surface area contributed by atoms with Gasteiger partial charge < -0.3 is 20.4 Å². The van der Waals surface area contributed by atoms with Crippen molar-refractivity contribution in [2.24, 2.45) is 10.9 Å². The molecule has 2 aliphatic rings. The number of guanidine groups is 1. The Morgan fingerprint density at radius 1 is 1.28 bits per heavy atom. The summed E-state index contributed by atoms with van der Waals surface area (Å²) in [4.78, 5) is 9.51. The van der Waals surface area contributed by atoms with Gasteiger partial charge in [0.15, 0.2) is 5.96 Å². The average molecular weight is 364 g/mol. The van der Waals surface area contributed by atoms with Crippen LogP contribution in [-0.2, 0) is 0 Å². The summed E-state index contributed by atoms with van der Waals surface area (Å²) in [6.45, 7) is 9.33. The highest BCUT2D eigenvalue weighted by Gasteiger charge is 2.21. The van der Waals surface area contributed by atoms with Crippen LogP contribution in [0.15, 0.2) is 22.5 Å². The van der Waals surface area contributed by atoms with E-state index < -0.39 is 0 Å². The third-order valence-electron chi connectivity index (χ3n) is 5.26. The zero-order valence-corrected chi connectivity index (χ0v) is 16.5. The smallest absolute Gasteiger partial charge is 0.191 e. The minimum Gasteiger partial charge on any atom is -0.363 e. The minimum absolute atomic E-state index is 0.524. The second-order valence-electron chi connectivity index (χ2n) is 7.42. The Morgan fingerprint density at radius 3 is 2.68 bits per heavy atom.